The van der Waals surface area contributed by atoms with E-state index < -0.39 is 0 Å². The molecular weight excluding hydrogens is 799 g/mol. The van der Waals surface area contributed by atoms with Gasteiger partial charge in [0.15, 0.2) is 0 Å². The average Bonchev–Trinajstić information content (AvgIpc) is 3.79. The second-order valence-corrected chi connectivity index (χ2v) is 16.8. The number of furan rings is 1. The van der Waals surface area contributed by atoms with Gasteiger partial charge in [0.2, 0.25) is 0 Å². The lowest BCUT2D eigenvalue weighted by Crippen LogP contribution is -2.11. The summed E-state index contributed by atoms with van der Waals surface area (Å²) in [7, 11) is 0. The van der Waals surface area contributed by atoms with Crippen LogP contribution in [-0.2, 0) is 0 Å². The molecule has 0 bridgehead atoms. The molecule has 0 unspecified atom stereocenters. The molecule has 0 aliphatic rings. The van der Waals surface area contributed by atoms with Gasteiger partial charge in [-0.25, -0.2) is 0 Å². The fraction of sp³-hybridized carbons (Fsp3) is 0. The Balaban J connectivity index is 1.05. The zero-order valence-corrected chi connectivity index (χ0v) is 36.2. The molecule has 0 atom stereocenters. The maximum Gasteiger partial charge on any atom is 0.143 e. The van der Waals surface area contributed by atoms with Crippen LogP contribution in [-0.4, -0.2) is 0 Å². The van der Waals surface area contributed by atoms with Crippen LogP contribution in [0.2, 0.25) is 0 Å². The van der Waals surface area contributed by atoms with Crippen molar-refractivity contribution in [3.63, 3.8) is 0 Å². The molecule has 0 fully saturated rings. The third-order valence-electron chi connectivity index (χ3n) is 12.9. The molecule has 0 radical (unpaired) electrons. The van der Waals surface area contributed by atoms with Crippen LogP contribution in [0.4, 0.5) is 17.1 Å². The molecule has 2 heteroatoms. The molecule has 0 aliphatic carbocycles. The van der Waals surface area contributed by atoms with Gasteiger partial charge in [0.25, 0.3) is 0 Å². The highest BCUT2D eigenvalue weighted by Crippen LogP contribution is 2.47. The summed E-state index contributed by atoms with van der Waals surface area (Å²) < 4.78 is 6.51. The summed E-state index contributed by atoms with van der Waals surface area (Å²) in [6, 6.07) is 94.0. The summed E-state index contributed by atoms with van der Waals surface area (Å²) in [6.07, 6.45) is 0. The zero-order chi connectivity index (χ0) is 43.8. The lowest BCUT2D eigenvalue weighted by molar-refractivity contribution is 0.670. The van der Waals surface area contributed by atoms with Gasteiger partial charge in [-0.2, -0.15) is 0 Å². The zero-order valence-electron chi connectivity index (χ0n) is 36.2. The first-order chi connectivity index (χ1) is 32.7. The molecule has 11 aromatic carbocycles. The fourth-order valence-electron chi connectivity index (χ4n) is 9.68. The minimum absolute atomic E-state index is 0.896. The maximum atomic E-state index is 6.51. The minimum Gasteiger partial charge on any atom is -0.455 e. The quantitative estimate of drug-likeness (QED) is 0.144. The van der Waals surface area contributed by atoms with E-state index in [9.17, 15) is 0 Å². The van der Waals surface area contributed by atoms with E-state index in [-0.39, 0.29) is 0 Å². The molecule has 12 rings (SSSR count). The number of fused-ring (bicyclic) bond motifs is 4. The monoisotopic (exact) mass is 841 g/mol. The molecule has 0 spiro atoms. The first-order valence-corrected chi connectivity index (χ1v) is 22.6. The van der Waals surface area contributed by atoms with Crippen molar-refractivity contribution < 1.29 is 4.42 Å². The van der Waals surface area contributed by atoms with Gasteiger partial charge in [-0.05, 0) is 115 Å². The highest BCUT2D eigenvalue weighted by atomic mass is 16.3. The largest absolute Gasteiger partial charge is 0.455 e. The molecule has 1 heterocycles. The second-order valence-electron chi connectivity index (χ2n) is 16.8. The van der Waals surface area contributed by atoms with E-state index in [2.05, 4.69) is 254 Å². The van der Waals surface area contributed by atoms with Crippen LogP contribution < -0.4 is 4.90 Å². The van der Waals surface area contributed by atoms with Gasteiger partial charge in [-0.3, -0.25) is 0 Å². The van der Waals surface area contributed by atoms with E-state index in [1.165, 1.54) is 49.7 Å². The summed E-state index contributed by atoms with van der Waals surface area (Å²) in [5.74, 6) is 0. The number of benzene rings is 11. The van der Waals surface area contributed by atoms with E-state index >= 15 is 0 Å². The summed E-state index contributed by atoms with van der Waals surface area (Å²) in [6.45, 7) is 0. The van der Waals surface area contributed by atoms with Crippen LogP contribution in [0.3, 0.4) is 0 Å². The lowest BCUT2D eigenvalue weighted by atomic mass is 9.86. The Morgan fingerprint density at radius 2 is 0.803 bits per heavy atom. The molecule has 0 aliphatic heterocycles. The Bertz CT molecular complexity index is 3700. The molecule has 0 saturated heterocycles. The predicted molar refractivity (Wildman–Crippen MR) is 279 cm³/mol. The Kier molecular flexibility index (Phi) is 9.89. The van der Waals surface area contributed by atoms with Crippen molar-refractivity contribution in [2.75, 3.05) is 4.90 Å². The van der Waals surface area contributed by atoms with E-state index in [0.717, 1.165) is 66.8 Å². The molecule has 2 nitrogen and oxygen atoms in total. The van der Waals surface area contributed by atoms with Gasteiger partial charge in [0.05, 0.1) is 5.69 Å². The molecule has 0 saturated carbocycles. The summed E-state index contributed by atoms with van der Waals surface area (Å²) >= 11 is 0. The van der Waals surface area contributed by atoms with Gasteiger partial charge in [0.1, 0.15) is 11.2 Å². The van der Waals surface area contributed by atoms with Crippen LogP contribution in [0.5, 0.6) is 0 Å². The SMILES string of the molecule is c1ccc(-c2ccc(-c3ccccc3N(c3ccc(-c4cccc5c4oc4ccccc45)cc3)c3cccc(-c4ccc5ccccc5c4)c3)c(-c3ccccc3-c3ccccc3)c2)cc1. The standard InChI is InChI=1S/C64H43NO/c1-3-17-44(18-4-1)51-37-40-57(61(43-51)56-26-10-9-25-54(56)46-20-5-2-6-21-46)58-27-11-13-31-62(58)65(53-24-15-23-49(42-53)50-34-33-45-19-7-8-22-48(45)41-50)52-38-35-47(36-39-52)55-29-16-30-60-59-28-12-14-32-63(59)66-64(55)60/h1-43H. The highest BCUT2D eigenvalue weighted by Gasteiger charge is 2.22. The third-order valence-corrected chi connectivity index (χ3v) is 12.9. The normalized spacial score (nSPS) is 11.3. The number of nitrogens with zero attached hydrogens (tertiary/aromatic N) is 1. The number of para-hydroxylation sites is 3. The van der Waals surface area contributed by atoms with Crippen LogP contribution in [0.25, 0.3) is 99.5 Å². The van der Waals surface area contributed by atoms with E-state index in [0.29, 0.717) is 0 Å². The maximum absolute atomic E-state index is 6.51. The predicted octanol–water partition coefficient (Wildman–Crippen LogP) is 18.2. The van der Waals surface area contributed by atoms with Crippen LogP contribution in [0.1, 0.15) is 0 Å². The van der Waals surface area contributed by atoms with Crippen molar-refractivity contribution in [3.05, 3.63) is 261 Å². The van der Waals surface area contributed by atoms with Crippen molar-refractivity contribution in [3.8, 4) is 66.8 Å². The Morgan fingerprint density at radius 3 is 1.64 bits per heavy atom. The first-order valence-electron chi connectivity index (χ1n) is 22.6. The van der Waals surface area contributed by atoms with Crippen molar-refractivity contribution in [2.45, 2.75) is 0 Å². The lowest BCUT2D eigenvalue weighted by Gasteiger charge is -2.29. The second kappa shape index (κ2) is 16.8. The van der Waals surface area contributed by atoms with Crippen LogP contribution in [0.15, 0.2) is 265 Å². The molecule has 12 aromatic rings. The summed E-state index contributed by atoms with van der Waals surface area (Å²) in [5.41, 5.74) is 18.8. The van der Waals surface area contributed by atoms with Gasteiger partial charge in [-0.15, -0.1) is 0 Å². The number of rotatable bonds is 9. The van der Waals surface area contributed by atoms with Gasteiger partial charge < -0.3 is 9.32 Å². The number of hydrogen-bond acceptors (Lipinski definition) is 2. The highest BCUT2D eigenvalue weighted by molar-refractivity contribution is 6.09. The Labute approximate surface area is 384 Å². The molecule has 310 valence electrons. The number of hydrogen-bond donors (Lipinski definition) is 0. The average molecular weight is 842 g/mol. The number of anilines is 3. The third kappa shape index (κ3) is 7.12. The molecule has 0 amide bonds. The van der Waals surface area contributed by atoms with Gasteiger partial charge >= 0.3 is 0 Å². The van der Waals surface area contributed by atoms with E-state index in [1.54, 1.807) is 0 Å². The molecule has 0 N–H and O–H groups in total. The van der Waals surface area contributed by atoms with Crippen molar-refractivity contribution in [1.82, 2.24) is 0 Å². The topological polar surface area (TPSA) is 16.4 Å². The van der Waals surface area contributed by atoms with E-state index in [1.807, 2.05) is 12.1 Å². The Hall–Kier alpha value is -8.72. The molecule has 66 heavy (non-hydrogen) atoms. The van der Waals surface area contributed by atoms with Gasteiger partial charge in [-0.1, -0.05) is 212 Å². The van der Waals surface area contributed by atoms with Gasteiger partial charge in [0, 0.05) is 33.3 Å². The van der Waals surface area contributed by atoms with E-state index in [4.69, 9.17) is 4.42 Å². The summed E-state index contributed by atoms with van der Waals surface area (Å²) in [5, 5.41) is 4.70. The Morgan fingerprint density at radius 1 is 0.258 bits per heavy atom. The molecule has 1 aromatic heterocycles. The summed E-state index contributed by atoms with van der Waals surface area (Å²) in [4.78, 5) is 2.42. The minimum atomic E-state index is 0.896. The van der Waals surface area contributed by atoms with Crippen LogP contribution in [0, 0.1) is 0 Å². The van der Waals surface area contributed by atoms with Crippen molar-refractivity contribution in [1.29, 1.82) is 0 Å². The van der Waals surface area contributed by atoms with Crippen molar-refractivity contribution >= 4 is 49.8 Å². The smallest absolute Gasteiger partial charge is 0.143 e. The first kappa shape index (κ1) is 38.9. The van der Waals surface area contributed by atoms with Crippen molar-refractivity contribution in [2.24, 2.45) is 0 Å². The van der Waals surface area contributed by atoms with Crippen LogP contribution >= 0.6 is 0 Å². The fourth-order valence-corrected chi connectivity index (χ4v) is 9.68. The molecular formula is C64H43NO.